The molecule has 2 aliphatic heterocycles. The number of aliphatic hydroxyl groups is 1. The molecule has 1 N–H and O–H groups in total. The fraction of sp³-hybridized carbons (Fsp3) is 0.923. The molecule has 2 rings (SSSR count). The fourth-order valence-electron chi connectivity index (χ4n) is 2.69. The van der Waals surface area contributed by atoms with E-state index < -0.39 is 0 Å². The zero-order valence-corrected chi connectivity index (χ0v) is 11.4. The van der Waals surface area contributed by atoms with Crippen LogP contribution in [0.3, 0.4) is 0 Å². The summed E-state index contributed by atoms with van der Waals surface area (Å²) in [4.78, 5) is 14.1. The summed E-state index contributed by atoms with van der Waals surface area (Å²) in [5, 5.41) is 9.66. The zero-order valence-electron chi connectivity index (χ0n) is 10.6. The van der Waals surface area contributed by atoms with Gasteiger partial charge in [0.05, 0.1) is 6.10 Å². The van der Waals surface area contributed by atoms with Crippen LogP contribution in [0.15, 0.2) is 0 Å². The van der Waals surface area contributed by atoms with E-state index in [1.165, 1.54) is 24.3 Å². The largest absolute Gasteiger partial charge is 0.393 e. The second-order valence-corrected chi connectivity index (χ2v) is 6.66. The lowest BCUT2D eigenvalue weighted by Crippen LogP contribution is -2.45. The molecule has 0 aromatic heterocycles. The van der Waals surface area contributed by atoms with Crippen molar-refractivity contribution in [3.63, 3.8) is 0 Å². The van der Waals surface area contributed by atoms with E-state index in [2.05, 4.69) is 0 Å². The molecule has 3 nitrogen and oxygen atoms in total. The second kappa shape index (κ2) is 6.10. The summed E-state index contributed by atoms with van der Waals surface area (Å²) in [5.41, 5.74) is 0. The number of thioether (sulfide) groups is 1. The van der Waals surface area contributed by atoms with Crippen molar-refractivity contribution in [2.75, 3.05) is 24.6 Å². The molecule has 4 heteroatoms. The Morgan fingerprint density at radius 2 is 2.06 bits per heavy atom. The number of amides is 1. The second-order valence-electron chi connectivity index (χ2n) is 5.43. The fourth-order valence-corrected chi connectivity index (χ4v) is 3.89. The van der Waals surface area contributed by atoms with Gasteiger partial charge in [-0.15, -0.1) is 0 Å². The Hall–Kier alpha value is -0.220. The van der Waals surface area contributed by atoms with E-state index in [0.29, 0.717) is 11.8 Å². The van der Waals surface area contributed by atoms with Crippen molar-refractivity contribution in [2.24, 2.45) is 11.8 Å². The third-order valence-electron chi connectivity index (χ3n) is 4.02. The van der Waals surface area contributed by atoms with Gasteiger partial charge in [0.1, 0.15) is 0 Å². The number of piperidine rings is 1. The molecule has 2 saturated heterocycles. The average molecular weight is 257 g/mol. The lowest BCUT2D eigenvalue weighted by atomic mass is 9.94. The Kier molecular flexibility index (Phi) is 4.74. The number of carbonyl (C=O) groups is 1. The number of nitrogens with zero attached hydrogens (tertiary/aromatic N) is 1. The Bertz CT molecular complexity index is 266. The first-order valence-corrected chi connectivity index (χ1v) is 7.86. The van der Waals surface area contributed by atoms with Gasteiger partial charge in [0.2, 0.25) is 5.91 Å². The zero-order chi connectivity index (χ0) is 12.3. The molecule has 2 aliphatic rings. The third-order valence-corrected chi connectivity index (χ3v) is 5.07. The molecular formula is C13H23NO2S. The van der Waals surface area contributed by atoms with Crippen molar-refractivity contribution in [1.82, 2.24) is 4.90 Å². The van der Waals surface area contributed by atoms with Gasteiger partial charge >= 0.3 is 0 Å². The van der Waals surface area contributed by atoms with Crippen LogP contribution < -0.4 is 0 Å². The summed E-state index contributed by atoms with van der Waals surface area (Å²) in [6, 6.07) is 0. The molecular weight excluding hydrogens is 234 g/mol. The van der Waals surface area contributed by atoms with Crippen LogP contribution in [0.5, 0.6) is 0 Å². The molecule has 1 amide bonds. The highest BCUT2D eigenvalue weighted by Gasteiger charge is 2.28. The van der Waals surface area contributed by atoms with Gasteiger partial charge < -0.3 is 10.0 Å². The Morgan fingerprint density at radius 1 is 1.35 bits per heavy atom. The summed E-state index contributed by atoms with van der Waals surface area (Å²) in [6.07, 6.45) is 3.65. The molecule has 2 heterocycles. The van der Waals surface area contributed by atoms with Crippen molar-refractivity contribution in [3.8, 4) is 0 Å². The van der Waals surface area contributed by atoms with Crippen molar-refractivity contribution in [3.05, 3.63) is 0 Å². The van der Waals surface area contributed by atoms with Gasteiger partial charge in [-0.3, -0.25) is 4.79 Å². The van der Waals surface area contributed by atoms with Crippen molar-refractivity contribution in [1.29, 1.82) is 0 Å². The molecule has 0 aromatic carbocycles. The normalized spacial score (nSPS) is 31.5. The van der Waals surface area contributed by atoms with Crippen LogP contribution in [0.2, 0.25) is 0 Å². The van der Waals surface area contributed by atoms with Gasteiger partial charge in [-0.05, 0) is 42.6 Å². The molecule has 98 valence electrons. The highest BCUT2D eigenvalue weighted by Crippen LogP contribution is 2.26. The van der Waals surface area contributed by atoms with Crippen LogP contribution in [-0.2, 0) is 4.79 Å². The summed E-state index contributed by atoms with van der Waals surface area (Å²) < 4.78 is 0. The van der Waals surface area contributed by atoms with Crippen LogP contribution in [-0.4, -0.2) is 46.6 Å². The van der Waals surface area contributed by atoms with Gasteiger partial charge in [-0.1, -0.05) is 6.92 Å². The van der Waals surface area contributed by atoms with E-state index in [0.717, 1.165) is 25.9 Å². The Balaban J connectivity index is 1.79. The summed E-state index contributed by atoms with van der Waals surface area (Å²) in [6.45, 7) is 3.51. The standard InChI is InChI=1S/C13H23NO2S/c1-10-9-14(5-2-12(10)15)13(16)8-11-3-6-17-7-4-11/h10-12,15H,2-9H2,1H3. The smallest absolute Gasteiger partial charge is 0.222 e. The Labute approximate surface area is 108 Å². The molecule has 0 aromatic rings. The predicted molar refractivity (Wildman–Crippen MR) is 71.0 cm³/mol. The highest BCUT2D eigenvalue weighted by atomic mass is 32.2. The first-order valence-electron chi connectivity index (χ1n) is 6.70. The topological polar surface area (TPSA) is 40.5 Å². The summed E-state index contributed by atoms with van der Waals surface area (Å²) in [7, 11) is 0. The number of aliphatic hydroxyl groups excluding tert-OH is 1. The van der Waals surface area contributed by atoms with Crippen molar-refractivity contribution >= 4 is 17.7 Å². The van der Waals surface area contributed by atoms with Crippen LogP contribution in [0.1, 0.15) is 32.6 Å². The average Bonchev–Trinajstić information content (AvgIpc) is 2.34. The summed E-state index contributed by atoms with van der Waals surface area (Å²) >= 11 is 2.00. The SMILES string of the molecule is CC1CN(C(=O)CC2CCSCC2)CCC1O. The van der Waals surface area contributed by atoms with Crippen LogP contribution in [0, 0.1) is 11.8 Å². The van der Waals surface area contributed by atoms with Crippen molar-refractivity contribution in [2.45, 2.75) is 38.7 Å². The monoisotopic (exact) mass is 257 g/mol. The minimum absolute atomic E-state index is 0.217. The maximum absolute atomic E-state index is 12.2. The van der Waals surface area contributed by atoms with E-state index in [1.54, 1.807) is 0 Å². The number of rotatable bonds is 2. The van der Waals surface area contributed by atoms with Gasteiger partial charge in [0.25, 0.3) is 0 Å². The maximum Gasteiger partial charge on any atom is 0.222 e. The molecule has 0 aliphatic carbocycles. The number of hydrogen-bond donors (Lipinski definition) is 1. The molecule has 17 heavy (non-hydrogen) atoms. The van der Waals surface area contributed by atoms with Crippen molar-refractivity contribution < 1.29 is 9.90 Å². The molecule has 2 unspecified atom stereocenters. The van der Waals surface area contributed by atoms with E-state index in [-0.39, 0.29) is 12.0 Å². The Morgan fingerprint density at radius 3 is 2.71 bits per heavy atom. The quantitative estimate of drug-likeness (QED) is 0.819. The van der Waals surface area contributed by atoms with Crippen LogP contribution in [0.25, 0.3) is 0 Å². The predicted octanol–water partition coefficient (Wildman–Crippen LogP) is 1.75. The first-order chi connectivity index (χ1) is 8.16. The van der Waals surface area contributed by atoms with Gasteiger partial charge in [0, 0.05) is 19.5 Å². The van der Waals surface area contributed by atoms with E-state index in [1.807, 2.05) is 23.6 Å². The van der Waals surface area contributed by atoms with E-state index in [9.17, 15) is 9.90 Å². The number of hydrogen-bond acceptors (Lipinski definition) is 3. The molecule has 0 bridgehead atoms. The minimum atomic E-state index is -0.217. The number of likely N-dealkylation sites (tertiary alicyclic amines) is 1. The molecule has 2 atom stereocenters. The maximum atomic E-state index is 12.2. The van der Waals surface area contributed by atoms with Crippen LogP contribution in [0.4, 0.5) is 0 Å². The van der Waals surface area contributed by atoms with Gasteiger partial charge in [0.15, 0.2) is 0 Å². The lowest BCUT2D eigenvalue weighted by molar-refractivity contribution is -0.135. The third kappa shape index (κ3) is 3.62. The summed E-state index contributed by atoms with van der Waals surface area (Å²) in [5.74, 6) is 3.57. The molecule has 0 spiro atoms. The van der Waals surface area contributed by atoms with Gasteiger partial charge in [-0.2, -0.15) is 11.8 Å². The lowest BCUT2D eigenvalue weighted by Gasteiger charge is -2.35. The minimum Gasteiger partial charge on any atom is -0.393 e. The van der Waals surface area contributed by atoms with E-state index in [4.69, 9.17) is 0 Å². The van der Waals surface area contributed by atoms with Crippen LogP contribution >= 0.6 is 11.8 Å². The van der Waals surface area contributed by atoms with E-state index >= 15 is 0 Å². The highest BCUT2D eigenvalue weighted by molar-refractivity contribution is 7.99. The molecule has 2 fully saturated rings. The molecule has 0 saturated carbocycles. The first kappa shape index (κ1) is 13.2. The van der Waals surface area contributed by atoms with Gasteiger partial charge in [-0.25, -0.2) is 0 Å². The number of carbonyl (C=O) groups excluding carboxylic acids is 1. The molecule has 0 radical (unpaired) electrons.